The Bertz CT molecular complexity index is 596. The van der Waals surface area contributed by atoms with E-state index in [4.69, 9.17) is 17.0 Å². The van der Waals surface area contributed by atoms with Gasteiger partial charge in [-0.3, -0.25) is 0 Å². The predicted molar refractivity (Wildman–Crippen MR) is 81.9 cm³/mol. The topological polar surface area (TPSA) is 50.4 Å². The van der Waals surface area contributed by atoms with Gasteiger partial charge in [-0.25, -0.2) is 9.18 Å². The van der Waals surface area contributed by atoms with Crippen LogP contribution in [0.2, 0.25) is 0 Å². The molecular weight excluding hydrogens is 291 g/mol. The van der Waals surface area contributed by atoms with Crippen LogP contribution in [0.4, 0.5) is 4.39 Å². The Kier molecular flexibility index (Phi) is 4.57. The highest BCUT2D eigenvalue weighted by Crippen LogP contribution is 2.30. The molecule has 1 aromatic carbocycles. The molecule has 0 spiro atoms. The van der Waals surface area contributed by atoms with Crippen molar-refractivity contribution in [2.75, 3.05) is 7.11 Å². The fourth-order valence-electron chi connectivity index (χ4n) is 2.28. The third-order valence-corrected chi connectivity index (χ3v) is 3.51. The molecule has 21 heavy (non-hydrogen) atoms. The second kappa shape index (κ2) is 6.22. The third kappa shape index (κ3) is 3.21. The molecular formula is C15H17FN2O2S. The molecule has 0 radical (unpaired) electrons. The number of carbonyl (C=O) groups excluding carboxylic acids is 1. The van der Waals surface area contributed by atoms with Gasteiger partial charge in [-0.1, -0.05) is 26.0 Å². The zero-order chi connectivity index (χ0) is 15.6. The molecule has 1 aliphatic heterocycles. The van der Waals surface area contributed by atoms with Crippen LogP contribution in [0.3, 0.4) is 0 Å². The van der Waals surface area contributed by atoms with E-state index in [1.807, 2.05) is 13.8 Å². The lowest BCUT2D eigenvalue weighted by atomic mass is 9.91. The van der Waals surface area contributed by atoms with E-state index in [1.165, 1.54) is 19.2 Å². The van der Waals surface area contributed by atoms with Crippen molar-refractivity contribution in [1.82, 2.24) is 10.6 Å². The van der Waals surface area contributed by atoms with E-state index in [0.29, 0.717) is 10.7 Å². The van der Waals surface area contributed by atoms with Crippen LogP contribution >= 0.6 is 12.2 Å². The average Bonchev–Trinajstić information content (AvgIpc) is 2.46. The normalized spacial score (nSPS) is 18.3. The monoisotopic (exact) mass is 308 g/mol. The van der Waals surface area contributed by atoms with Gasteiger partial charge in [0.1, 0.15) is 5.82 Å². The fraction of sp³-hybridized carbons (Fsp3) is 0.333. The minimum absolute atomic E-state index is 0.0714. The van der Waals surface area contributed by atoms with Crippen LogP contribution in [0.15, 0.2) is 35.5 Å². The van der Waals surface area contributed by atoms with E-state index in [1.54, 1.807) is 12.1 Å². The molecule has 0 amide bonds. The largest absolute Gasteiger partial charge is 0.466 e. The Morgan fingerprint density at radius 1 is 1.33 bits per heavy atom. The van der Waals surface area contributed by atoms with Gasteiger partial charge in [0.25, 0.3) is 0 Å². The summed E-state index contributed by atoms with van der Waals surface area (Å²) >= 11 is 5.20. The molecule has 1 heterocycles. The second-order valence-corrected chi connectivity index (χ2v) is 5.46. The first-order chi connectivity index (χ1) is 9.93. The maximum absolute atomic E-state index is 13.1. The van der Waals surface area contributed by atoms with Crippen molar-refractivity contribution in [1.29, 1.82) is 0 Å². The molecule has 0 fully saturated rings. The van der Waals surface area contributed by atoms with E-state index in [2.05, 4.69) is 10.6 Å². The van der Waals surface area contributed by atoms with Crippen LogP contribution in [-0.2, 0) is 9.53 Å². The average molecular weight is 308 g/mol. The minimum Gasteiger partial charge on any atom is -0.466 e. The van der Waals surface area contributed by atoms with Gasteiger partial charge >= 0.3 is 5.97 Å². The summed E-state index contributed by atoms with van der Waals surface area (Å²) in [4.78, 5) is 12.2. The van der Waals surface area contributed by atoms with Crippen molar-refractivity contribution in [3.8, 4) is 0 Å². The van der Waals surface area contributed by atoms with E-state index in [9.17, 15) is 9.18 Å². The van der Waals surface area contributed by atoms with E-state index in [0.717, 1.165) is 11.3 Å². The first-order valence-electron chi connectivity index (χ1n) is 6.59. The highest BCUT2D eigenvalue weighted by molar-refractivity contribution is 7.80. The lowest BCUT2D eigenvalue weighted by molar-refractivity contribution is -0.136. The number of hydrogen-bond acceptors (Lipinski definition) is 3. The molecule has 1 atom stereocenters. The zero-order valence-corrected chi connectivity index (χ0v) is 12.9. The van der Waals surface area contributed by atoms with Gasteiger partial charge in [-0.05, 0) is 35.8 Å². The summed E-state index contributed by atoms with van der Waals surface area (Å²) in [5.41, 5.74) is 1.94. The van der Waals surface area contributed by atoms with Gasteiger partial charge in [0, 0.05) is 5.70 Å². The van der Waals surface area contributed by atoms with Crippen LogP contribution in [0.25, 0.3) is 0 Å². The van der Waals surface area contributed by atoms with Gasteiger partial charge in [0.05, 0.1) is 18.7 Å². The number of rotatable bonds is 3. The number of benzene rings is 1. The number of hydrogen-bond donors (Lipinski definition) is 2. The number of esters is 1. The molecule has 6 heteroatoms. The summed E-state index contributed by atoms with van der Waals surface area (Å²) in [6, 6.07) is 5.51. The van der Waals surface area contributed by atoms with E-state index in [-0.39, 0.29) is 11.7 Å². The maximum atomic E-state index is 13.1. The number of carbonyl (C=O) groups is 1. The molecule has 0 saturated carbocycles. The number of thiocarbonyl (C=S) groups is 1. The minimum atomic E-state index is -0.454. The fourth-order valence-corrected chi connectivity index (χ4v) is 2.51. The summed E-state index contributed by atoms with van der Waals surface area (Å²) in [5.74, 6) is -0.694. The van der Waals surface area contributed by atoms with Crippen molar-refractivity contribution < 1.29 is 13.9 Å². The van der Waals surface area contributed by atoms with Crippen molar-refractivity contribution >= 4 is 23.3 Å². The molecule has 1 unspecified atom stereocenters. The molecule has 0 aromatic heterocycles. The van der Waals surface area contributed by atoms with Crippen LogP contribution < -0.4 is 10.6 Å². The molecule has 2 rings (SSSR count). The second-order valence-electron chi connectivity index (χ2n) is 5.06. The quantitative estimate of drug-likeness (QED) is 0.663. The lowest BCUT2D eigenvalue weighted by Gasteiger charge is -2.32. The molecule has 2 N–H and O–H groups in total. The Hall–Kier alpha value is -1.95. The van der Waals surface area contributed by atoms with Crippen LogP contribution in [0, 0.1) is 11.7 Å². The number of ether oxygens (including phenoxy) is 1. The smallest absolute Gasteiger partial charge is 0.337 e. The first-order valence-corrected chi connectivity index (χ1v) is 7.00. The molecule has 1 aliphatic rings. The highest BCUT2D eigenvalue weighted by atomic mass is 32.1. The van der Waals surface area contributed by atoms with Crippen molar-refractivity contribution in [2.45, 2.75) is 19.9 Å². The summed E-state index contributed by atoms with van der Waals surface area (Å²) in [6.07, 6.45) is 0. The molecule has 1 aromatic rings. The van der Waals surface area contributed by atoms with Crippen molar-refractivity contribution in [3.05, 3.63) is 46.9 Å². The van der Waals surface area contributed by atoms with Gasteiger partial charge in [-0.2, -0.15) is 0 Å². The SMILES string of the molecule is COC(=O)C1=C(C(C)C)NC(=S)NC1c1ccc(F)cc1. The summed E-state index contributed by atoms with van der Waals surface area (Å²) in [5, 5.41) is 6.49. The Labute approximate surface area is 128 Å². The van der Waals surface area contributed by atoms with Gasteiger partial charge in [0.15, 0.2) is 5.11 Å². The summed E-state index contributed by atoms with van der Waals surface area (Å²) < 4.78 is 18.0. The number of allylic oxidation sites excluding steroid dienone is 1. The van der Waals surface area contributed by atoms with Crippen LogP contribution in [0.5, 0.6) is 0 Å². The molecule has 0 aliphatic carbocycles. The zero-order valence-electron chi connectivity index (χ0n) is 12.1. The number of methoxy groups -OCH3 is 1. The molecule has 4 nitrogen and oxygen atoms in total. The molecule has 0 saturated heterocycles. The van der Waals surface area contributed by atoms with Gasteiger partial charge in [-0.15, -0.1) is 0 Å². The molecule has 0 bridgehead atoms. The first kappa shape index (κ1) is 15.4. The standard InChI is InChI=1S/C15H17FN2O2S/c1-8(2)12-11(14(19)20-3)13(18-15(21)17-12)9-4-6-10(16)7-5-9/h4-8,13H,1-3H3,(H2,17,18,21). The lowest BCUT2D eigenvalue weighted by Crippen LogP contribution is -2.46. The molecule has 112 valence electrons. The number of nitrogens with one attached hydrogen (secondary N) is 2. The van der Waals surface area contributed by atoms with Gasteiger partial charge in [0.2, 0.25) is 0 Å². The van der Waals surface area contributed by atoms with Crippen LogP contribution in [-0.4, -0.2) is 18.2 Å². The Morgan fingerprint density at radius 3 is 2.48 bits per heavy atom. The van der Waals surface area contributed by atoms with Gasteiger partial charge < -0.3 is 15.4 Å². The predicted octanol–water partition coefficient (Wildman–Crippen LogP) is 2.43. The summed E-state index contributed by atoms with van der Waals surface area (Å²) in [7, 11) is 1.34. The Morgan fingerprint density at radius 2 is 1.95 bits per heavy atom. The van der Waals surface area contributed by atoms with Crippen molar-refractivity contribution in [3.63, 3.8) is 0 Å². The van der Waals surface area contributed by atoms with E-state index < -0.39 is 12.0 Å². The van der Waals surface area contributed by atoms with E-state index >= 15 is 0 Å². The van der Waals surface area contributed by atoms with Crippen LogP contribution in [0.1, 0.15) is 25.5 Å². The highest BCUT2D eigenvalue weighted by Gasteiger charge is 2.33. The van der Waals surface area contributed by atoms with Crippen molar-refractivity contribution in [2.24, 2.45) is 5.92 Å². The third-order valence-electron chi connectivity index (χ3n) is 3.29. The Balaban J connectivity index is 2.54. The maximum Gasteiger partial charge on any atom is 0.337 e. The summed E-state index contributed by atoms with van der Waals surface area (Å²) in [6.45, 7) is 3.92. The number of halogens is 1.